The quantitative estimate of drug-likeness (QED) is 0.752. The molecule has 0 unspecified atom stereocenters. The average Bonchev–Trinajstić information content (AvgIpc) is 2.80. The van der Waals surface area contributed by atoms with Gasteiger partial charge in [-0.25, -0.2) is 4.39 Å². The molecule has 0 radical (unpaired) electrons. The minimum absolute atomic E-state index is 0.225. The molecular weight excluding hydrogens is 315 g/mol. The van der Waals surface area contributed by atoms with Crippen LogP contribution in [-0.2, 0) is 19.4 Å². The van der Waals surface area contributed by atoms with Crippen molar-refractivity contribution in [2.24, 2.45) is 0 Å². The maximum absolute atomic E-state index is 14.3. The van der Waals surface area contributed by atoms with E-state index in [-0.39, 0.29) is 23.8 Å². The number of rotatable bonds is 4. The number of hydrogen-bond donors (Lipinski definition) is 0. The highest BCUT2D eigenvalue weighted by Gasteiger charge is 2.32. The Kier molecular flexibility index (Phi) is 4.24. The van der Waals surface area contributed by atoms with Gasteiger partial charge in [0.2, 0.25) is 0 Å². The van der Waals surface area contributed by atoms with Crippen LogP contribution < -0.4 is 9.47 Å². The van der Waals surface area contributed by atoms with E-state index >= 15 is 0 Å². The highest BCUT2D eigenvalue weighted by molar-refractivity contribution is 6.30. The molecule has 2 aromatic carbocycles. The van der Waals surface area contributed by atoms with Gasteiger partial charge >= 0.3 is 0 Å². The summed E-state index contributed by atoms with van der Waals surface area (Å²) in [6.07, 6.45) is 1.43. The third kappa shape index (κ3) is 3.30. The summed E-state index contributed by atoms with van der Waals surface area (Å²) in [5.41, 5.74) is 2.31. The van der Waals surface area contributed by atoms with Gasteiger partial charge in [0.25, 0.3) is 0 Å². The van der Waals surface area contributed by atoms with Crippen molar-refractivity contribution < 1.29 is 13.9 Å². The molecule has 1 heterocycles. The van der Waals surface area contributed by atoms with Crippen molar-refractivity contribution in [1.29, 1.82) is 0 Å². The number of fused-ring (bicyclic) bond motifs is 1. The van der Waals surface area contributed by atoms with Crippen LogP contribution in [0, 0.1) is 5.82 Å². The maximum atomic E-state index is 14.3. The zero-order valence-electron chi connectivity index (χ0n) is 13.6. The molecule has 0 bridgehead atoms. The monoisotopic (exact) mass is 334 g/mol. The summed E-state index contributed by atoms with van der Waals surface area (Å²) in [5, 5.41) is 0.645. The molecule has 0 fully saturated rings. The van der Waals surface area contributed by atoms with Crippen LogP contribution in [0.25, 0.3) is 0 Å². The maximum Gasteiger partial charge on any atom is 0.168 e. The minimum atomic E-state index is -0.296. The Hall–Kier alpha value is -1.74. The summed E-state index contributed by atoms with van der Waals surface area (Å²) in [6, 6.07) is 8.96. The fraction of sp³-hybridized carbons (Fsp3) is 0.368. The van der Waals surface area contributed by atoms with E-state index < -0.39 is 0 Å². The highest BCUT2D eigenvalue weighted by atomic mass is 35.5. The topological polar surface area (TPSA) is 18.5 Å². The molecule has 0 aromatic heterocycles. The lowest BCUT2D eigenvalue weighted by atomic mass is 10.0. The Morgan fingerprint density at radius 3 is 2.78 bits per heavy atom. The van der Waals surface area contributed by atoms with Gasteiger partial charge in [0.1, 0.15) is 18.0 Å². The van der Waals surface area contributed by atoms with E-state index in [1.165, 1.54) is 0 Å². The molecular formula is C19H20ClFO2. The third-order valence-electron chi connectivity index (χ3n) is 4.01. The summed E-state index contributed by atoms with van der Waals surface area (Å²) >= 11 is 6.20. The number of ether oxygens (including phenoxy) is 2. The van der Waals surface area contributed by atoms with Crippen LogP contribution in [-0.4, -0.2) is 5.60 Å². The smallest absolute Gasteiger partial charge is 0.168 e. The fourth-order valence-corrected chi connectivity index (χ4v) is 3.21. The van der Waals surface area contributed by atoms with E-state index in [2.05, 4.69) is 0 Å². The molecule has 0 amide bonds. The summed E-state index contributed by atoms with van der Waals surface area (Å²) in [4.78, 5) is 0. The van der Waals surface area contributed by atoms with Gasteiger partial charge in [0.05, 0.1) is 0 Å². The molecule has 2 aromatic rings. The fourth-order valence-electron chi connectivity index (χ4n) is 2.95. The second kappa shape index (κ2) is 6.04. The molecule has 0 saturated heterocycles. The predicted molar refractivity (Wildman–Crippen MR) is 90.0 cm³/mol. The number of hydrogen-bond acceptors (Lipinski definition) is 2. The standard InChI is InChI=1S/C19H20ClFO2/c1-4-12-6-5-7-16(17(12)21)22-11-14-9-15(20)8-13-10-19(2,3)23-18(13)14/h5-9H,4,10-11H2,1-3H3. The van der Waals surface area contributed by atoms with E-state index in [0.717, 1.165) is 23.3 Å². The summed E-state index contributed by atoms with van der Waals surface area (Å²) in [6.45, 7) is 6.22. The third-order valence-corrected chi connectivity index (χ3v) is 4.23. The Bertz CT molecular complexity index is 740. The molecule has 23 heavy (non-hydrogen) atoms. The number of halogens is 2. The Morgan fingerprint density at radius 2 is 2.04 bits per heavy atom. The molecule has 0 N–H and O–H groups in total. The van der Waals surface area contributed by atoms with Gasteiger partial charge < -0.3 is 9.47 Å². The normalized spacial score (nSPS) is 15.2. The average molecular weight is 335 g/mol. The summed E-state index contributed by atoms with van der Waals surface area (Å²) in [7, 11) is 0. The molecule has 1 aliphatic heterocycles. The van der Waals surface area contributed by atoms with Crippen LogP contribution >= 0.6 is 11.6 Å². The van der Waals surface area contributed by atoms with E-state index in [9.17, 15) is 4.39 Å². The zero-order valence-corrected chi connectivity index (χ0v) is 14.3. The zero-order chi connectivity index (χ0) is 16.6. The summed E-state index contributed by atoms with van der Waals surface area (Å²) < 4.78 is 26.0. The van der Waals surface area contributed by atoms with Crippen LogP contribution in [0.3, 0.4) is 0 Å². The van der Waals surface area contributed by atoms with Crippen molar-refractivity contribution >= 4 is 11.6 Å². The Morgan fingerprint density at radius 1 is 1.26 bits per heavy atom. The van der Waals surface area contributed by atoms with Gasteiger partial charge in [-0.05, 0) is 49.6 Å². The molecule has 1 aliphatic rings. The highest BCUT2D eigenvalue weighted by Crippen LogP contribution is 2.40. The SMILES string of the molecule is CCc1cccc(OCc2cc(Cl)cc3c2OC(C)(C)C3)c1F. The largest absolute Gasteiger partial charge is 0.487 e. The number of benzene rings is 2. The second-order valence-corrected chi connectivity index (χ2v) is 6.90. The molecule has 0 saturated carbocycles. The molecule has 0 atom stereocenters. The minimum Gasteiger partial charge on any atom is -0.487 e. The number of aryl methyl sites for hydroxylation is 1. The van der Waals surface area contributed by atoms with Crippen LogP contribution in [0.5, 0.6) is 11.5 Å². The molecule has 122 valence electrons. The van der Waals surface area contributed by atoms with Crippen LogP contribution in [0.15, 0.2) is 30.3 Å². The molecule has 2 nitrogen and oxygen atoms in total. The van der Waals surface area contributed by atoms with Gasteiger partial charge in [0.15, 0.2) is 11.6 Å². The first kappa shape index (κ1) is 16.1. The molecule has 0 aliphatic carbocycles. The van der Waals surface area contributed by atoms with Crippen molar-refractivity contribution in [1.82, 2.24) is 0 Å². The van der Waals surface area contributed by atoms with E-state index in [0.29, 0.717) is 17.0 Å². The van der Waals surface area contributed by atoms with Crippen LogP contribution in [0.4, 0.5) is 4.39 Å². The van der Waals surface area contributed by atoms with Crippen molar-refractivity contribution in [2.45, 2.75) is 45.8 Å². The van der Waals surface area contributed by atoms with Crippen molar-refractivity contribution in [3.05, 3.63) is 57.9 Å². The lowest BCUT2D eigenvalue weighted by molar-refractivity contribution is 0.135. The van der Waals surface area contributed by atoms with Gasteiger partial charge in [-0.3, -0.25) is 0 Å². The molecule has 3 rings (SSSR count). The van der Waals surface area contributed by atoms with Crippen LogP contribution in [0.1, 0.15) is 37.5 Å². The van der Waals surface area contributed by atoms with Crippen molar-refractivity contribution in [3.63, 3.8) is 0 Å². The first-order chi connectivity index (χ1) is 10.9. The first-order valence-electron chi connectivity index (χ1n) is 7.80. The van der Waals surface area contributed by atoms with Gasteiger partial charge in [-0.15, -0.1) is 0 Å². The van der Waals surface area contributed by atoms with E-state index in [1.807, 2.05) is 32.9 Å². The predicted octanol–water partition coefficient (Wildman–Crippen LogP) is 5.33. The van der Waals surface area contributed by atoms with E-state index in [1.54, 1.807) is 18.2 Å². The lowest BCUT2D eigenvalue weighted by Crippen LogP contribution is -2.25. The van der Waals surface area contributed by atoms with Gasteiger partial charge in [-0.1, -0.05) is 30.7 Å². The second-order valence-electron chi connectivity index (χ2n) is 6.46. The van der Waals surface area contributed by atoms with Gasteiger partial charge in [-0.2, -0.15) is 0 Å². The van der Waals surface area contributed by atoms with E-state index in [4.69, 9.17) is 21.1 Å². The first-order valence-corrected chi connectivity index (χ1v) is 8.18. The van der Waals surface area contributed by atoms with Crippen molar-refractivity contribution in [2.75, 3.05) is 0 Å². The van der Waals surface area contributed by atoms with Gasteiger partial charge in [0, 0.05) is 17.0 Å². The molecule has 4 heteroatoms. The van der Waals surface area contributed by atoms with Crippen LogP contribution in [0.2, 0.25) is 5.02 Å². The lowest BCUT2D eigenvalue weighted by Gasteiger charge is -2.18. The van der Waals surface area contributed by atoms with Crippen molar-refractivity contribution in [3.8, 4) is 11.5 Å². The Balaban J connectivity index is 1.85. The Labute approximate surface area is 141 Å². The summed E-state index contributed by atoms with van der Waals surface area (Å²) in [5.74, 6) is 0.775. The molecule has 0 spiro atoms.